The van der Waals surface area contributed by atoms with Gasteiger partial charge in [-0.3, -0.25) is 0 Å². The van der Waals surface area contributed by atoms with Crippen molar-refractivity contribution in [1.29, 1.82) is 0 Å². The summed E-state index contributed by atoms with van der Waals surface area (Å²) in [5.74, 6) is 1.20. The standard InChI is InChI=1S/C16H15Cl/c17-10-9-16-14-7-3-1-5-12(14)11-13-6-2-4-8-15(13)16/h1-8,16H,9-11H2. The molecule has 0 radical (unpaired) electrons. The van der Waals surface area contributed by atoms with Gasteiger partial charge in [0.05, 0.1) is 0 Å². The summed E-state index contributed by atoms with van der Waals surface area (Å²) in [6, 6.07) is 17.5. The number of halogens is 1. The fourth-order valence-electron chi connectivity index (χ4n) is 2.86. The van der Waals surface area contributed by atoms with Gasteiger partial charge in [0.15, 0.2) is 0 Å². The van der Waals surface area contributed by atoms with Crippen LogP contribution in [0.3, 0.4) is 0 Å². The molecule has 2 aromatic carbocycles. The predicted octanol–water partition coefficient (Wildman–Crippen LogP) is 4.35. The first-order chi connectivity index (χ1) is 8.40. The third-order valence-electron chi connectivity index (χ3n) is 3.64. The van der Waals surface area contributed by atoms with Crippen molar-refractivity contribution >= 4 is 11.6 Å². The summed E-state index contributed by atoms with van der Waals surface area (Å²) < 4.78 is 0. The van der Waals surface area contributed by atoms with Crippen molar-refractivity contribution in [3.63, 3.8) is 0 Å². The number of rotatable bonds is 2. The molecule has 0 saturated heterocycles. The van der Waals surface area contributed by atoms with Gasteiger partial charge in [0.2, 0.25) is 0 Å². The number of fused-ring (bicyclic) bond motifs is 2. The molecule has 0 aliphatic heterocycles. The third kappa shape index (κ3) is 1.87. The predicted molar refractivity (Wildman–Crippen MR) is 72.9 cm³/mol. The van der Waals surface area contributed by atoms with E-state index in [0.29, 0.717) is 11.8 Å². The van der Waals surface area contributed by atoms with Crippen molar-refractivity contribution in [1.82, 2.24) is 0 Å². The lowest BCUT2D eigenvalue weighted by molar-refractivity contribution is 0.742. The van der Waals surface area contributed by atoms with E-state index in [0.717, 1.165) is 12.8 Å². The van der Waals surface area contributed by atoms with E-state index >= 15 is 0 Å². The topological polar surface area (TPSA) is 0 Å². The van der Waals surface area contributed by atoms with E-state index in [1.807, 2.05) is 0 Å². The first kappa shape index (κ1) is 10.9. The lowest BCUT2D eigenvalue weighted by Gasteiger charge is -2.28. The van der Waals surface area contributed by atoms with E-state index in [-0.39, 0.29) is 0 Å². The first-order valence-electron chi connectivity index (χ1n) is 6.11. The highest BCUT2D eigenvalue weighted by Crippen LogP contribution is 2.38. The molecule has 0 nitrogen and oxygen atoms in total. The van der Waals surface area contributed by atoms with Crippen LogP contribution >= 0.6 is 11.6 Å². The van der Waals surface area contributed by atoms with E-state index in [4.69, 9.17) is 11.6 Å². The third-order valence-corrected chi connectivity index (χ3v) is 3.86. The van der Waals surface area contributed by atoms with E-state index < -0.39 is 0 Å². The van der Waals surface area contributed by atoms with Crippen LogP contribution in [0.1, 0.15) is 34.6 Å². The summed E-state index contributed by atoms with van der Waals surface area (Å²) in [6.07, 6.45) is 2.08. The van der Waals surface area contributed by atoms with Crippen molar-refractivity contribution in [3.05, 3.63) is 70.8 Å². The summed E-state index contributed by atoms with van der Waals surface area (Å²) >= 11 is 5.97. The Morgan fingerprint density at radius 2 is 1.41 bits per heavy atom. The molecule has 86 valence electrons. The first-order valence-corrected chi connectivity index (χ1v) is 6.65. The molecule has 1 aliphatic rings. The van der Waals surface area contributed by atoms with E-state index in [9.17, 15) is 0 Å². The summed E-state index contributed by atoms with van der Waals surface area (Å²) in [4.78, 5) is 0. The minimum absolute atomic E-state index is 0.480. The molecule has 0 atom stereocenters. The molecule has 0 unspecified atom stereocenters. The highest BCUT2D eigenvalue weighted by Gasteiger charge is 2.23. The average Bonchev–Trinajstić information content (AvgIpc) is 2.39. The summed E-state index contributed by atoms with van der Waals surface area (Å²) in [5, 5.41) is 0. The molecule has 3 rings (SSSR count). The SMILES string of the molecule is ClCCC1c2ccccc2Cc2ccccc21. The Morgan fingerprint density at radius 1 is 0.882 bits per heavy atom. The summed E-state index contributed by atoms with van der Waals surface area (Å²) in [5.41, 5.74) is 5.85. The zero-order valence-electron chi connectivity index (χ0n) is 9.70. The highest BCUT2D eigenvalue weighted by molar-refractivity contribution is 6.17. The van der Waals surface area contributed by atoms with Gasteiger partial charge in [0.25, 0.3) is 0 Å². The van der Waals surface area contributed by atoms with E-state index in [1.54, 1.807) is 0 Å². The van der Waals surface area contributed by atoms with Gasteiger partial charge >= 0.3 is 0 Å². The van der Waals surface area contributed by atoms with Crippen molar-refractivity contribution < 1.29 is 0 Å². The van der Waals surface area contributed by atoms with Crippen LogP contribution in [-0.4, -0.2) is 5.88 Å². The second-order valence-electron chi connectivity index (χ2n) is 4.60. The molecule has 1 heteroatoms. The van der Waals surface area contributed by atoms with Gasteiger partial charge in [-0.1, -0.05) is 48.5 Å². The molecule has 0 bridgehead atoms. The highest BCUT2D eigenvalue weighted by atomic mass is 35.5. The van der Waals surface area contributed by atoms with Gasteiger partial charge in [-0.2, -0.15) is 0 Å². The Bertz CT molecular complexity index is 485. The molecule has 0 amide bonds. The van der Waals surface area contributed by atoms with Crippen LogP contribution in [0.4, 0.5) is 0 Å². The van der Waals surface area contributed by atoms with Gasteiger partial charge in [-0.05, 0) is 35.1 Å². The molecule has 1 aliphatic carbocycles. The number of hydrogen-bond acceptors (Lipinski definition) is 0. The Kier molecular flexibility index (Phi) is 2.90. The van der Waals surface area contributed by atoms with Gasteiger partial charge in [0, 0.05) is 11.8 Å². The molecule has 0 heterocycles. The Balaban J connectivity index is 2.13. The molecule has 0 N–H and O–H groups in total. The van der Waals surface area contributed by atoms with Crippen molar-refractivity contribution in [2.24, 2.45) is 0 Å². The van der Waals surface area contributed by atoms with Gasteiger partial charge in [-0.25, -0.2) is 0 Å². The molecular formula is C16H15Cl. The fourth-order valence-corrected chi connectivity index (χ4v) is 3.08. The van der Waals surface area contributed by atoms with Gasteiger partial charge < -0.3 is 0 Å². The van der Waals surface area contributed by atoms with Crippen LogP contribution in [0, 0.1) is 0 Å². The maximum Gasteiger partial charge on any atom is 0.0232 e. The quantitative estimate of drug-likeness (QED) is 0.687. The number of hydrogen-bond donors (Lipinski definition) is 0. The van der Waals surface area contributed by atoms with Crippen LogP contribution in [0.15, 0.2) is 48.5 Å². The largest absolute Gasteiger partial charge is 0.127 e. The zero-order valence-corrected chi connectivity index (χ0v) is 10.5. The summed E-state index contributed by atoms with van der Waals surface area (Å²) in [6.45, 7) is 0. The molecule has 0 aromatic heterocycles. The lowest BCUT2D eigenvalue weighted by Crippen LogP contribution is -2.14. The Hall–Kier alpha value is -1.27. The van der Waals surface area contributed by atoms with E-state index in [1.165, 1.54) is 22.3 Å². The average molecular weight is 243 g/mol. The summed E-state index contributed by atoms with van der Waals surface area (Å²) in [7, 11) is 0. The Labute approximate surface area is 107 Å². The normalized spacial score (nSPS) is 14.2. The van der Waals surface area contributed by atoms with Gasteiger partial charge in [-0.15, -0.1) is 11.6 Å². The minimum Gasteiger partial charge on any atom is -0.127 e. The number of benzene rings is 2. The van der Waals surface area contributed by atoms with Gasteiger partial charge in [0.1, 0.15) is 0 Å². The lowest BCUT2D eigenvalue weighted by atomic mass is 9.77. The Morgan fingerprint density at radius 3 is 1.94 bits per heavy atom. The molecule has 0 fully saturated rings. The molecule has 0 spiro atoms. The maximum absolute atomic E-state index is 5.97. The van der Waals surface area contributed by atoms with Crippen LogP contribution in [0.2, 0.25) is 0 Å². The zero-order chi connectivity index (χ0) is 11.7. The van der Waals surface area contributed by atoms with Crippen LogP contribution in [0.25, 0.3) is 0 Å². The van der Waals surface area contributed by atoms with Crippen molar-refractivity contribution in [2.45, 2.75) is 18.8 Å². The van der Waals surface area contributed by atoms with Crippen molar-refractivity contribution in [2.75, 3.05) is 5.88 Å². The van der Waals surface area contributed by atoms with Crippen LogP contribution in [-0.2, 0) is 6.42 Å². The van der Waals surface area contributed by atoms with Crippen LogP contribution < -0.4 is 0 Å². The second kappa shape index (κ2) is 4.54. The smallest absolute Gasteiger partial charge is 0.0232 e. The van der Waals surface area contributed by atoms with E-state index in [2.05, 4.69) is 48.5 Å². The maximum atomic E-state index is 5.97. The molecule has 0 saturated carbocycles. The van der Waals surface area contributed by atoms with Crippen molar-refractivity contribution in [3.8, 4) is 0 Å². The van der Waals surface area contributed by atoms with Crippen LogP contribution in [0.5, 0.6) is 0 Å². The minimum atomic E-state index is 0.480. The molecule has 2 aromatic rings. The molecular weight excluding hydrogens is 228 g/mol. The monoisotopic (exact) mass is 242 g/mol. The molecule has 17 heavy (non-hydrogen) atoms. The number of alkyl halides is 1. The fraction of sp³-hybridized carbons (Fsp3) is 0.250. The second-order valence-corrected chi connectivity index (χ2v) is 4.98.